The Labute approximate surface area is 127 Å². The molecule has 102 valence electrons. The lowest BCUT2D eigenvalue weighted by Crippen LogP contribution is -2.31. The topological polar surface area (TPSA) is 15.3 Å². The lowest BCUT2D eigenvalue weighted by atomic mass is 10.1. The van der Waals surface area contributed by atoms with Crippen LogP contribution in [-0.2, 0) is 0 Å². The first-order valence-corrected chi connectivity index (χ1v) is 6.99. The Morgan fingerprint density at radius 1 is 1.05 bits per heavy atom. The molecule has 1 unspecified atom stereocenters. The van der Waals surface area contributed by atoms with E-state index in [2.05, 4.69) is 17.9 Å². The molecule has 1 atom stereocenters. The van der Waals surface area contributed by atoms with Gasteiger partial charge in [-0.25, -0.2) is 4.39 Å². The minimum Gasteiger partial charge on any atom is -0.361 e. The number of hydrogen-bond donors (Lipinski definition) is 2. The summed E-state index contributed by atoms with van der Waals surface area (Å²) in [6, 6.07) is 13.9. The molecule has 0 fully saturated rings. The number of rotatable bonds is 2. The molecule has 0 aliphatic carbocycles. The second-order valence-corrected chi connectivity index (χ2v) is 5.35. The Kier molecular flexibility index (Phi) is 3.59. The Morgan fingerprint density at radius 2 is 1.70 bits per heavy atom. The summed E-state index contributed by atoms with van der Waals surface area (Å²) < 4.78 is 13.0. The summed E-state index contributed by atoms with van der Waals surface area (Å²) in [6.07, 6.45) is 1.87. The number of halogens is 2. The maximum atomic E-state index is 13.0. The first-order valence-electron chi connectivity index (χ1n) is 6.10. The molecule has 2 aromatic rings. The summed E-state index contributed by atoms with van der Waals surface area (Å²) >= 11 is 10.4. The summed E-state index contributed by atoms with van der Waals surface area (Å²) in [5.41, 5.74) is 2.66. The second-order valence-electron chi connectivity index (χ2n) is 4.42. The van der Waals surface area contributed by atoms with E-state index in [-0.39, 0.29) is 11.3 Å². The quantitative estimate of drug-likeness (QED) is 0.812. The smallest absolute Gasteiger partial charge is 0.149 e. The van der Waals surface area contributed by atoms with Gasteiger partial charge in [0.25, 0.3) is 0 Å². The van der Waals surface area contributed by atoms with E-state index in [1.165, 1.54) is 12.1 Å². The highest BCUT2D eigenvalue weighted by Gasteiger charge is 2.25. The first-order chi connectivity index (χ1) is 9.65. The monoisotopic (exact) mass is 306 g/mol. The molecule has 2 aromatic carbocycles. The first kappa shape index (κ1) is 13.3. The van der Waals surface area contributed by atoms with Crippen molar-refractivity contribution in [2.45, 2.75) is 5.50 Å². The van der Waals surface area contributed by atoms with Crippen molar-refractivity contribution in [2.24, 2.45) is 0 Å². The van der Waals surface area contributed by atoms with Crippen LogP contribution in [0.3, 0.4) is 0 Å². The Morgan fingerprint density at radius 3 is 2.35 bits per heavy atom. The summed E-state index contributed by atoms with van der Waals surface area (Å²) in [6.45, 7) is 0. The van der Waals surface area contributed by atoms with Crippen LogP contribution in [0.25, 0.3) is 5.70 Å². The van der Waals surface area contributed by atoms with Crippen LogP contribution in [-0.4, -0.2) is 5.50 Å². The SMILES string of the molecule is Fc1ccc(C2=CNC(S)N2c2ccc(Cl)cc2)cc1. The summed E-state index contributed by atoms with van der Waals surface area (Å²) in [5, 5.41) is 3.83. The van der Waals surface area contributed by atoms with Crippen molar-refractivity contribution in [3.05, 3.63) is 71.1 Å². The van der Waals surface area contributed by atoms with Crippen molar-refractivity contribution in [3.8, 4) is 0 Å². The molecule has 0 aromatic heterocycles. The zero-order chi connectivity index (χ0) is 14.1. The van der Waals surface area contributed by atoms with Crippen LogP contribution >= 0.6 is 24.2 Å². The van der Waals surface area contributed by atoms with Crippen molar-refractivity contribution < 1.29 is 4.39 Å². The molecule has 1 N–H and O–H groups in total. The number of anilines is 1. The summed E-state index contributed by atoms with van der Waals surface area (Å²) in [4.78, 5) is 2.02. The minimum absolute atomic E-state index is 0.170. The number of hydrogen-bond acceptors (Lipinski definition) is 3. The standard InChI is InChI=1S/C15H12ClFN2S/c16-11-3-7-13(8-4-11)19-14(9-18-15(19)20)10-1-5-12(17)6-2-10/h1-9,15,18,20H. The molecule has 0 saturated heterocycles. The zero-order valence-electron chi connectivity index (χ0n) is 10.4. The van der Waals surface area contributed by atoms with Gasteiger partial charge in [0.05, 0.1) is 5.70 Å². The van der Waals surface area contributed by atoms with Crippen molar-refractivity contribution >= 4 is 35.6 Å². The van der Waals surface area contributed by atoms with Gasteiger partial charge in [0.1, 0.15) is 11.3 Å². The van der Waals surface area contributed by atoms with Crippen molar-refractivity contribution in [1.82, 2.24) is 5.32 Å². The van der Waals surface area contributed by atoms with E-state index in [1.54, 1.807) is 12.1 Å². The molecular formula is C15H12ClFN2S. The lowest BCUT2D eigenvalue weighted by Gasteiger charge is -2.26. The molecular weight excluding hydrogens is 295 g/mol. The van der Waals surface area contributed by atoms with Crippen LogP contribution in [0.4, 0.5) is 10.1 Å². The highest BCUT2D eigenvalue weighted by molar-refractivity contribution is 7.81. The van der Waals surface area contributed by atoms with E-state index in [0.29, 0.717) is 5.02 Å². The maximum Gasteiger partial charge on any atom is 0.149 e. The van der Waals surface area contributed by atoms with E-state index in [4.69, 9.17) is 11.6 Å². The van der Waals surface area contributed by atoms with E-state index >= 15 is 0 Å². The summed E-state index contributed by atoms with van der Waals surface area (Å²) in [5.74, 6) is -0.249. The third-order valence-corrected chi connectivity index (χ3v) is 3.75. The molecule has 0 radical (unpaired) electrons. The molecule has 5 heteroatoms. The van der Waals surface area contributed by atoms with Gasteiger partial charge in [0.2, 0.25) is 0 Å². The minimum atomic E-state index is -0.249. The van der Waals surface area contributed by atoms with Gasteiger partial charge in [-0.2, -0.15) is 0 Å². The van der Waals surface area contributed by atoms with E-state index in [0.717, 1.165) is 16.9 Å². The molecule has 2 nitrogen and oxygen atoms in total. The molecule has 0 saturated carbocycles. The highest BCUT2D eigenvalue weighted by Crippen LogP contribution is 2.32. The summed E-state index contributed by atoms with van der Waals surface area (Å²) in [7, 11) is 0. The van der Waals surface area contributed by atoms with Crippen LogP contribution in [0.15, 0.2) is 54.7 Å². The van der Waals surface area contributed by atoms with E-state index < -0.39 is 0 Å². The molecule has 1 aliphatic rings. The fourth-order valence-corrected chi connectivity index (χ4v) is 2.61. The van der Waals surface area contributed by atoms with Gasteiger partial charge in [0, 0.05) is 16.9 Å². The predicted molar refractivity (Wildman–Crippen MR) is 84.2 cm³/mol. The third kappa shape index (κ3) is 2.49. The molecule has 1 heterocycles. The highest BCUT2D eigenvalue weighted by atomic mass is 35.5. The number of thiol groups is 1. The van der Waals surface area contributed by atoms with Gasteiger partial charge in [0.15, 0.2) is 0 Å². The fourth-order valence-electron chi connectivity index (χ4n) is 2.15. The molecule has 0 amide bonds. The van der Waals surface area contributed by atoms with Crippen LogP contribution in [0.1, 0.15) is 5.56 Å². The van der Waals surface area contributed by atoms with Crippen molar-refractivity contribution in [3.63, 3.8) is 0 Å². The number of benzene rings is 2. The van der Waals surface area contributed by atoms with Gasteiger partial charge < -0.3 is 10.2 Å². The third-order valence-electron chi connectivity index (χ3n) is 3.12. The second kappa shape index (κ2) is 5.38. The molecule has 1 aliphatic heterocycles. The number of nitrogens with zero attached hydrogens (tertiary/aromatic N) is 1. The van der Waals surface area contributed by atoms with Gasteiger partial charge in [-0.05, 0) is 54.1 Å². The zero-order valence-corrected chi connectivity index (χ0v) is 12.1. The Hall–Kier alpha value is -1.65. The molecule has 0 bridgehead atoms. The number of nitrogens with one attached hydrogen (secondary N) is 1. The van der Waals surface area contributed by atoms with Gasteiger partial charge in [-0.15, -0.1) is 12.6 Å². The fraction of sp³-hybridized carbons (Fsp3) is 0.0667. The Balaban J connectivity index is 1.98. The average Bonchev–Trinajstić information content (AvgIpc) is 2.83. The lowest BCUT2D eigenvalue weighted by molar-refractivity contribution is 0.627. The average molecular weight is 307 g/mol. The van der Waals surface area contributed by atoms with Crippen LogP contribution in [0.2, 0.25) is 5.02 Å². The normalized spacial score (nSPS) is 17.9. The van der Waals surface area contributed by atoms with Gasteiger partial charge in [-0.1, -0.05) is 11.6 Å². The van der Waals surface area contributed by atoms with Crippen LogP contribution < -0.4 is 10.2 Å². The Bertz CT molecular complexity index is 640. The maximum absolute atomic E-state index is 13.0. The van der Waals surface area contributed by atoms with Gasteiger partial charge >= 0.3 is 0 Å². The van der Waals surface area contributed by atoms with Crippen LogP contribution in [0, 0.1) is 5.82 Å². The van der Waals surface area contributed by atoms with Crippen LogP contribution in [0.5, 0.6) is 0 Å². The van der Waals surface area contributed by atoms with Crippen molar-refractivity contribution in [1.29, 1.82) is 0 Å². The largest absolute Gasteiger partial charge is 0.361 e. The van der Waals surface area contributed by atoms with Crippen molar-refractivity contribution in [2.75, 3.05) is 4.90 Å². The molecule has 0 spiro atoms. The van der Waals surface area contributed by atoms with E-state index in [9.17, 15) is 4.39 Å². The predicted octanol–water partition coefficient (Wildman–Crippen LogP) is 4.10. The molecule has 3 rings (SSSR count). The molecule has 20 heavy (non-hydrogen) atoms. The van der Waals surface area contributed by atoms with E-state index in [1.807, 2.05) is 35.4 Å². The van der Waals surface area contributed by atoms with Gasteiger partial charge in [-0.3, -0.25) is 0 Å².